The zero-order valence-electron chi connectivity index (χ0n) is 35.3. The molecule has 0 aliphatic rings. The maximum absolute atomic E-state index is 12.5. The molecular formula is C47H91NO5. The van der Waals surface area contributed by atoms with Crippen LogP contribution in [0.4, 0.5) is 0 Å². The summed E-state index contributed by atoms with van der Waals surface area (Å²) in [5, 5.41) is 43.7. The van der Waals surface area contributed by atoms with E-state index in [0.29, 0.717) is 12.8 Å². The van der Waals surface area contributed by atoms with Crippen molar-refractivity contribution in [3.8, 4) is 0 Å². The third kappa shape index (κ3) is 36.2. The van der Waals surface area contributed by atoms with Gasteiger partial charge in [-0.1, -0.05) is 199 Å². The van der Waals surface area contributed by atoms with Crippen LogP contribution >= 0.6 is 0 Å². The summed E-state index contributed by atoms with van der Waals surface area (Å²) in [7, 11) is 0. The molecule has 0 radical (unpaired) electrons. The standard InChI is InChI=1S/C47H91NO5/c1-3-5-7-9-11-13-15-17-19-21-22-23-25-26-28-30-32-34-36-38-40-44(50)46(52)43(42-49)48-47(53)45(51)41-39-37-35-33-31-29-27-24-20-18-16-14-12-10-8-6-4-2/h27,29,32,34,43-46,49-52H,3-26,28,30-31,33,35-42H2,1-2H3,(H,48,53)/b29-27-,34-32+. The predicted molar refractivity (Wildman–Crippen MR) is 228 cm³/mol. The second-order valence-electron chi connectivity index (χ2n) is 16.1. The molecule has 4 atom stereocenters. The molecule has 1 amide bonds. The van der Waals surface area contributed by atoms with Gasteiger partial charge in [0.15, 0.2) is 0 Å². The lowest BCUT2D eigenvalue weighted by molar-refractivity contribution is -0.132. The van der Waals surface area contributed by atoms with Crippen LogP contribution in [0.25, 0.3) is 0 Å². The SMILES string of the molecule is CCCCCCCCCCC/C=C\CCCCCCC(O)C(=O)NC(CO)C(O)C(O)CCC/C=C/CCCCCCCCCCCCCCCCC. The fraction of sp³-hybridized carbons (Fsp3) is 0.894. The molecule has 0 heterocycles. The molecule has 314 valence electrons. The van der Waals surface area contributed by atoms with Crippen molar-refractivity contribution >= 4 is 5.91 Å². The van der Waals surface area contributed by atoms with Crippen LogP contribution in [-0.2, 0) is 4.79 Å². The highest BCUT2D eigenvalue weighted by Gasteiger charge is 2.28. The van der Waals surface area contributed by atoms with E-state index in [-0.39, 0.29) is 0 Å². The van der Waals surface area contributed by atoms with E-state index in [2.05, 4.69) is 43.5 Å². The summed E-state index contributed by atoms with van der Waals surface area (Å²) >= 11 is 0. The number of aliphatic hydroxyl groups excluding tert-OH is 4. The number of hydrogen-bond donors (Lipinski definition) is 5. The van der Waals surface area contributed by atoms with Gasteiger partial charge >= 0.3 is 0 Å². The molecule has 0 rings (SSSR count). The first-order chi connectivity index (χ1) is 26.0. The first-order valence-electron chi connectivity index (χ1n) is 23.2. The summed E-state index contributed by atoms with van der Waals surface area (Å²) in [6, 6.07) is -1.00. The molecule has 4 unspecified atom stereocenters. The van der Waals surface area contributed by atoms with Gasteiger partial charge in [0, 0.05) is 0 Å². The van der Waals surface area contributed by atoms with Gasteiger partial charge in [0.1, 0.15) is 12.2 Å². The quantitative estimate of drug-likeness (QED) is 0.0315. The summed E-state index contributed by atoms with van der Waals surface area (Å²) in [4.78, 5) is 12.5. The van der Waals surface area contributed by atoms with Crippen LogP contribution < -0.4 is 5.32 Å². The average molecular weight is 750 g/mol. The van der Waals surface area contributed by atoms with Gasteiger partial charge in [-0.15, -0.1) is 0 Å². The van der Waals surface area contributed by atoms with Crippen molar-refractivity contribution in [3.63, 3.8) is 0 Å². The number of carbonyl (C=O) groups is 1. The number of nitrogens with one attached hydrogen (secondary N) is 1. The van der Waals surface area contributed by atoms with Gasteiger partial charge in [-0.3, -0.25) is 4.79 Å². The van der Waals surface area contributed by atoms with Crippen molar-refractivity contribution in [1.29, 1.82) is 0 Å². The van der Waals surface area contributed by atoms with E-state index in [4.69, 9.17) is 0 Å². The molecule has 0 bridgehead atoms. The molecule has 0 aromatic heterocycles. The smallest absolute Gasteiger partial charge is 0.249 e. The van der Waals surface area contributed by atoms with E-state index in [1.165, 1.54) is 161 Å². The van der Waals surface area contributed by atoms with Crippen molar-refractivity contribution < 1.29 is 25.2 Å². The second kappa shape index (κ2) is 41.9. The van der Waals surface area contributed by atoms with Crippen LogP contribution in [0, 0.1) is 0 Å². The largest absolute Gasteiger partial charge is 0.394 e. The minimum Gasteiger partial charge on any atom is -0.394 e. The van der Waals surface area contributed by atoms with Crippen LogP contribution in [0.15, 0.2) is 24.3 Å². The van der Waals surface area contributed by atoms with E-state index in [0.717, 1.165) is 51.4 Å². The topological polar surface area (TPSA) is 110 Å². The summed E-state index contributed by atoms with van der Waals surface area (Å²) in [5.41, 5.74) is 0. The zero-order chi connectivity index (χ0) is 38.9. The Labute approximate surface area is 329 Å². The minimum atomic E-state index is -1.28. The zero-order valence-corrected chi connectivity index (χ0v) is 35.3. The summed E-state index contributed by atoms with van der Waals surface area (Å²) < 4.78 is 0. The highest BCUT2D eigenvalue weighted by molar-refractivity contribution is 5.80. The van der Waals surface area contributed by atoms with Gasteiger partial charge in [-0.05, 0) is 64.2 Å². The minimum absolute atomic E-state index is 0.350. The Hall–Kier alpha value is -1.21. The van der Waals surface area contributed by atoms with Crippen molar-refractivity contribution in [2.24, 2.45) is 0 Å². The molecule has 53 heavy (non-hydrogen) atoms. The molecule has 0 aromatic carbocycles. The van der Waals surface area contributed by atoms with Crippen molar-refractivity contribution in [2.75, 3.05) is 6.61 Å². The van der Waals surface area contributed by atoms with Crippen LogP contribution in [0.3, 0.4) is 0 Å². The number of carbonyl (C=O) groups excluding carboxylic acids is 1. The highest BCUT2D eigenvalue weighted by atomic mass is 16.3. The third-order valence-corrected chi connectivity index (χ3v) is 10.9. The molecular weight excluding hydrogens is 659 g/mol. The Morgan fingerprint density at radius 1 is 0.453 bits per heavy atom. The first-order valence-corrected chi connectivity index (χ1v) is 23.2. The predicted octanol–water partition coefficient (Wildman–Crippen LogP) is 12.4. The van der Waals surface area contributed by atoms with Crippen molar-refractivity contribution in [2.45, 2.75) is 263 Å². The number of amides is 1. The molecule has 0 aliphatic carbocycles. The fourth-order valence-electron chi connectivity index (χ4n) is 7.16. The molecule has 0 spiro atoms. The van der Waals surface area contributed by atoms with E-state index in [9.17, 15) is 25.2 Å². The van der Waals surface area contributed by atoms with E-state index < -0.39 is 36.9 Å². The van der Waals surface area contributed by atoms with Gasteiger partial charge < -0.3 is 25.7 Å². The Kier molecular flexibility index (Phi) is 41.0. The highest BCUT2D eigenvalue weighted by Crippen LogP contribution is 2.16. The van der Waals surface area contributed by atoms with Gasteiger partial charge in [0.2, 0.25) is 5.91 Å². The Bertz CT molecular complexity index is 802. The molecule has 0 saturated heterocycles. The number of hydrogen-bond acceptors (Lipinski definition) is 5. The lowest BCUT2D eigenvalue weighted by Gasteiger charge is -2.27. The molecule has 0 aliphatic heterocycles. The molecule has 6 nitrogen and oxygen atoms in total. The second-order valence-corrected chi connectivity index (χ2v) is 16.1. The average Bonchev–Trinajstić information content (AvgIpc) is 3.16. The number of unbranched alkanes of at least 4 members (excludes halogenated alkanes) is 29. The van der Waals surface area contributed by atoms with Crippen molar-refractivity contribution in [1.82, 2.24) is 5.32 Å². The van der Waals surface area contributed by atoms with E-state index in [1.807, 2.05) is 0 Å². The maximum Gasteiger partial charge on any atom is 0.249 e. The van der Waals surface area contributed by atoms with Crippen LogP contribution in [-0.4, -0.2) is 57.3 Å². The van der Waals surface area contributed by atoms with Crippen molar-refractivity contribution in [3.05, 3.63) is 24.3 Å². The monoisotopic (exact) mass is 750 g/mol. The summed E-state index contributed by atoms with van der Waals surface area (Å²) in [6.07, 6.45) is 47.9. The lowest BCUT2D eigenvalue weighted by Crippen LogP contribution is -2.53. The fourth-order valence-corrected chi connectivity index (χ4v) is 7.16. The molecule has 6 heteroatoms. The summed E-state index contributed by atoms with van der Waals surface area (Å²) in [6.45, 7) is 4.05. The molecule has 0 aromatic rings. The molecule has 0 saturated carbocycles. The normalized spacial score (nSPS) is 14.3. The lowest BCUT2D eigenvalue weighted by atomic mass is 10.00. The number of aliphatic hydroxyl groups is 4. The molecule has 0 fully saturated rings. The Morgan fingerprint density at radius 2 is 0.774 bits per heavy atom. The van der Waals surface area contributed by atoms with Gasteiger partial charge in [-0.25, -0.2) is 0 Å². The van der Waals surface area contributed by atoms with E-state index in [1.54, 1.807) is 0 Å². The number of rotatable bonds is 42. The third-order valence-electron chi connectivity index (χ3n) is 10.9. The van der Waals surface area contributed by atoms with Gasteiger partial charge in [0.05, 0.1) is 18.8 Å². The Balaban J connectivity index is 3.76. The number of allylic oxidation sites excluding steroid dienone is 4. The maximum atomic E-state index is 12.5. The van der Waals surface area contributed by atoms with Crippen LogP contribution in [0.2, 0.25) is 0 Å². The molecule has 5 N–H and O–H groups in total. The van der Waals surface area contributed by atoms with Gasteiger partial charge in [0.25, 0.3) is 0 Å². The Morgan fingerprint density at radius 3 is 1.13 bits per heavy atom. The van der Waals surface area contributed by atoms with Crippen LogP contribution in [0.5, 0.6) is 0 Å². The van der Waals surface area contributed by atoms with Gasteiger partial charge in [-0.2, -0.15) is 0 Å². The van der Waals surface area contributed by atoms with E-state index >= 15 is 0 Å². The van der Waals surface area contributed by atoms with Crippen LogP contribution in [0.1, 0.15) is 239 Å². The first kappa shape index (κ1) is 51.8. The summed E-state index contributed by atoms with van der Waals surface area (Å²) in [5.74, 6) is -0.600.